The molecule has 1 aliphatic rings. The molecule has 1 amide bonds. The zero-order valence-corrected chi connectivity index (χ0v) is 19.9. The first kappa shape index (κ1) is 22.6. The van der Waals surface area contributed by atoms with Crippen molar-refractivity contribution in [2.45, 2.75) is 35.5 Å². The van der Waals surface area contributed by atoms with E-state index >= 15 is 0 Å². The molecule has 1 unspecified atom stereocenters. The molecule has 3 aromatic rings. The number of thiophene rings is 1. The molecular formula is C23H22ClNO5S2. The van der Waals surface area contributed by atoms with Gasteiger partial charge in [-0.3, -0.25) is 4.79 Å². The highest BCUT2D eigenvalue weighted by molar-refractivity contribution is 7.91. The molecule has 0 radical (unpaired) electrons. The van der Waals surface area contributed by atoms with Gasteiger partial charge in [0.2, 0.25) is 15.7 Å². The van der Waals surface area contributed by atoms with Gasteiger partial charge in [-0.1, -0.05) is 30.7 Å². The number of rotatable bonds is 7. The van der Waals surface area contributed by atoms with E-state index in [1.54, 1.807) is 12.5 Å². The second kappa shape index (κ2) is 9.13. The summed E-state index contributed by atoms with van der Waals surface area (Å²) in [6.07, 6.45) is 1.000. The van der Waals surface area contributed by atoms with E-state index in [1.165, 1.54) is 35.6 Å². The van der Waals surface area contributed by atoms with E-state index in [9.17, 15) is 13.2 Å². The number of carbonyl (C=O) groups excluding carboxylic acids is 1. The lowest BCUT2D eigenvalue weighted by Crippen LogP contribution is -2.24. The first-order valence-corrected chi connectivity index (χ1v) is 12.8. The fourth-order valence-electron chi connectivity index (χ4n) is 3.72. The summed E-state index contributed by atoms with van der Waals surface area (Å²) in [7, 11) is -2.27. The van der Waals surface area contributed by atoms with Gasteiger partial charge in [-0.25, -0.2) is 8.42 Å². The van der Waals surface area contributed by atoms with Crippen LogP contribution >= 0.6 is 22.9 Å². The third-order valence-corrected chi connectivity index (χ3v) is 8.52. The zero-order valence-electron chi connectivity index (χ0n) is 17.6. The second-order valence-corrected chi connectivity index (χ2v) is 10.6. The number of anilines is 1. The van der Waals surface area contributed by atoms with Crippen LogP contribution in [0.4, 0.5) is 5.69 Å². The average molecular weight is 492 g/mol. The molecule has 1 aromatic heterocycles. The fraction of sp³-hybridized carbons (Fsp3) is 0.261. The maximum atomic E-state index is 13.3. The highest BCUT2D eigenvalue weighted by Gasteiger charge is 2.36. The van der Waals surface area contributed by atoms with E-state index in [0.717, 1.165) is 16.9 Å². The van der Waals surface area contributed by atoms with Gasteiger partial charge < -0.3 is 14.8 Å². The molecule has 0 aliphatic carbocycles. The minimum atomic E-state index is -3.84. The number of amides is 1. The van der Waals surface area contributed by atoms with Crippen molar-refractivity contribution in [3.8, 4) is 11.5 Å². The van der Waals surface area contributed by atoms with Crippen LogP contribution in [-0.2, 0) is 14.6 Å². The number of fused-ring (bicyclic) bond motifs is 1. The van der Waals surface area contributed by atoms with Crippen molar-refractivity contribution in [2.24, 2.45) is 0 Å². The van der Waals surface area contributed by atoms with Gasteiger partial charge in [0, 0.05) is 33.2 Å². The van der Waals surface area contributed by atoms with Crippen LogP contribution in [0.5, 0.6) is 11.5 Å². The Morgan fingerprint density at radius 2 is 1.94 bits per heavy atom. The third-order valence-electron chi connectivity index (χ3n) is 5.22. The Morgan fingerprint density at radius 3 is 2.62 bits per heavy atom. The summed E-state index contributed by atoms with van der Waals surface area (Å²) < 4.78 is 38.1. The normalized spacial score (nSPS) is 15.7. The van der Waals surface area contributed by atoms with E-state index in [1.807, 2.05) is 25.1 Å². The van der Waals surface area contributed by atoms with Crippen LogP contribution in [0.2, 0.25) is 5.02 Å². The summed E-state index contributed by atoms with van der Waals surface area (Å²) in [5.74, 6) is 0.560. The van der Waals surface area contributed by atoms with Crippen molar-refractivity contribution in [1.82, 2.24) is 0 Å². The molecule has 2 aromatic carbocycles. The predicted molar refractivity (Wildman–Crippen MR) is 125 cm³/mol. The number of benzene rings is 2. The van der Waals surface area contributed by atoms with Crippen molar-refractivity contribution < 1.29 is 22.7 Å². The summed E-state index contributed by atoms with van der Waals surface area (Å²) >= 11 is 7.22. The monoisotopic (exact) mass is 491 g/mol. The number of hydrogen-bond donors (Lipinski definition) is 1. The number of methoxy groups -OCH3 is 1. The highest BCUT2D eigenvalue weighted by Crippen LogP contribution is 2.49. The van der Waals surface area contributed by atoms with Gasteiger partial charge in [-0.2, -0.15) is 0 Å². The molecule has 0 spiro atoms. The minimum Gasteiger partial charge on any atom is -0.493 e. The maximum Gasteiger partial charge on any atom is 0.225 e. The molecule has 6 nitrogen and oxygen atoms in total. The van der Waals surface area contributed by atoms with Crippen LogP contribution in [0.25, 0.3) is 0 Å². The molecule has 0 bridgehead atoms. The van der Waals surface area contributed by atoms with Crippen LogP contribution in [-0.4, -0.2) is 28.0 Å². The average Bonchev–Trinajstić information content (AvgIpc) is 3.21. The second-order valence-electron chi connectivity index (χ2n) is 7.33. The van der Waals surface area contributed by atoms with Crippen molar-refractivity contribution in [3.63, 3.8) is 0 Å². The molecule has 2 heterocycles. The molecule has 168 valence electrons. The van der Waals surface area contributed by atoms with Gasteiger partial charge >= 0.3 is 0 Å². The maximum absolute atomic E-state index is 13.3. The first-order valence-electron chi connectivity index (χ1n) is 10.1. The third kappa shape index (κ3) is 4.10. The highest BCUT2D eigenvalue weighted by atomic mass is 35.5. The molecule has 32 heavy (non-hydrogen) atoms. The summed E-state index contributed by atoms with van der Waals surface area (Å²) in [6.45, 7) is 2.51. The molecule has 1 N–H and O–H groups in total. The molecule has 0 fully saturated rings. The molecule has 4 rings (SSSR count). The first-order chi connectivity index (χ1) is 15.4. The Bertz CT molecular complexity index is 1250. The molecule has 9 heteroatoms. The fourth-order valence-corrected chi connectivity index (χ4v) is 6.75. The number of hydrogen-bond acceptors (Lipinski definition) is 6. The number of halogens is 1. The van der Waals surface area contributed by atoms with Crippen molar-refractivity contribution >= 4 is 44.4 Å². The largest absolute Gasteiger partial charge is 0.493 e. The lowest BCUT2D eigenvalue weighted by Gasteiger charge is -2.26. The van der Waals surface area contributed by atoms with Crippen LogP contribution in [0, 0.1) is 0 Å². The molecule has 0 saturated heterocycles. The topological polar surface area (TPSA) is 81.7 Å². The predicted octanol–water partition coefficient (Wildman–Crippen LogP) is 5.51. The van der Waals surface area contributed by atoms with E-state index in [4.69, 9.17) is 21.1 Å². The number of ether oxygens (including phenoxy) is 2. The van der Waals surface area contributed by atoms with Gasteiger partial charge in [0.15, 0.2) is 11.5 Å². The van der Waals surface area contributed by atoms with Crippen molar-refractivity contribution in [3.05, 3.63) is 63.3 Å². The van der Waals surface area contributed by atoms with Gasteiger partial charge in [-0.15, -0.1) is 11.3 Å². The number of sulfone groups is 1. The Labute approximate surface area is 196 Å². The van der Waals surface area contributed by atoms with Gasteiger partial charge in [-0.05, 0) is 36.8 Å². The molecular weight excluding hydrogens is 470 g/mol. The zero-order chi connectivity index (χ0) is 22.9. The molecule has 1 aliphatic heterocycles. The van der Waals surface area contributed by atoms with Crippen molar-refractivity contribution in [1.29, 1.82) is 0 Å². The SMILES string of the molecule is CCCOc1c(OC)cccc1C1CC(=O)Nc2c(S(=O)(=O)c3ccc(Cl)cc3)csc21. The van der Waals surface area contributed by atoms with Gasteiger partial charge in [0.1, 0.15) is 4.90 Å². The number of nitrogens with one attached hydrogen (secondary N) is 1. The molecule has 1 atom stereocenters. The van der Waals surface area contributed by atoms with Crippen LogP contribution in [0.3, 0.4) is 0 Å². The number of carbonyl (C=O) groups is 1. The van der Waals surface area contributed by atoms with Crippen LogP contribution < -0.4 is 14.8 Å². The smallest absolute Gasteiger partial charge is 0.225 e. The van der Waals surface area contributed by atoms with Gasteiger partial charge in [0.05, 0.1) is 24.3 Å². The van der Waals surface area contributed by atoms with E-state index < -0.39 is 9.84 Å². The Kier molecular flexibility index (Phi) is 6.46. The summed E-state index contributed by atoms with van der Waals surface area (Å²) in [6, 6.07) is 11.5. The summed E-state index contributed by atoms with van der Waals surface area (Å²) in [5, 5.41) is 4.81. The Morgan fingerprint density at radius 1 is 1.19 bits per heavy atom. The van der Waals surface area contributed by atoms with Gasteiger partial charge in [0.25, 0.3) is 0 Å². The van der Waals surface area contributed by atoms with E-state index in [-0.39, 0.29) is 28.0 Å². The van der Waals surface area contributed by atoms with Crippen LogP contribution in [0.1, 0.15) is 36.1 Å². The van der Waals surface area contributed by atoms with E-state index in [0.29, 0.717) is 28.8 Å². The van der Waals surface area contributed by atoms with Crippen LogP contribution in [0.15, 0.2) is 57.6 Å². The van der Waals surface area contributed by atoms with E-state index in [2.05, 4.69) is 5.32 Å². The lowest BCUT2D eigenvalue weighted by molar-refractivity contribution is -0.116. The minimum absolute atomic E-state index is 0.0804. The quantitative estimate of drug-likeness (QED) is 0.471. The molecule has 0 saturated carbocycles. The Balaban J connectivity index is 1.83. The summed E-state index contributed by atoms with van der Waals surface area (Å²) in [5.41, 5.74) is 1.13. The lowest BCUT2D eigenvalue weighted by atomic mass is 9.89. The van der Waals surface area contributed by atoms with Crippen molar-refractivity contribution in [2.75, 3.05) is 19.0 Å². The Hall–Kier alpha value is -2.55. The number of para-hydroxylation sites is 1. The summed E-state index contributed by atoms with van der Waals surface area (Å²) in [4.78, 5) is 13.6. The standard InChI is InChI=1S/C23H22ClNO5S2/c1-3-11-30-22-16(5-4-6-18(22)29-2)17-12-20(26)25-21-19(13-31-23(17)21)32(27,28)15-9-7-14(24)8-10-15/h4-10,13,17H,3,11-12H2,1-2H3,(H,25,26).